The van der Waals surface area contributed by atoms with E-state index in [1.54, 1.807) is 6.92 Å². The summed E-state index contributed by atoms with van der Waals surface area (Å²) in [7, 11) is 0. The number of amides is 2. The van der Waals surface area contributed by atoms with Crippen molar-refractivity contribution in [3.63, 3.8) is 0 Å². The second-order valence-corrected chi connectivity index (χ2v) is 4.11. The third kappa shape index (κ3) is 4.83. The maximum Gasteiger partial charge on any atom is 0.255 e. The Kier molecular flexibility index (Phi) is 6.42. The molecule has 1 aromatic rings. The maximum absolute atomic E-state index is 13.2. The Morgan fingerprint density at radius 2 is 2.05 bits per heavy atom. The van der Waals surface area contributed by atoms with Gasteiger partial charge in [0.05, 0.1) is 18.3 Å². The molecule has 0 aromatic carbocycles. The van der Waals surface area contributed by atoms with Gasteiger partial charge in [-0.15, -0.1) is 0 Å². The highest BCUT2D eigenvalue weighted by molar-refractivity contribution is 6.00. The summed E-state index contributed by atoms with van der Waals surface area (Å²) in [5.41, 5.74) is 0.0859. The smallest absolute Gasteiger partial charge is 0.255 e. The zero-order valence-corrected chi connectivity index (χ0v) is 11.6. The van der Waals surface area contributed by atoms with Crippen molar-refractivity contribution in [2.75, 3.05) is 25.0 Å². The van der Waals surface area contributed by atoms with Crippen LogP contribution in [0.3, 0.4) is 0 Å². The highest BCUT2D eigenvalue weighted by Crippen LogP contribution is 2.13. The van der Waals surface area contributed by atoms with E-state index in [0.717, 1.165) is 18.7 Å². The zero-order chi connectivity index (χ0) is 15.0. The van der Waals surface area contributed by atoms with E-state index in [0.29, 0.717) is 18.9 Å². The first-order chi connectivity index (χ1) is 9.58. The summed E-state index contributed by atoms with van der Waals surface area (Å²) in [6, 6.07) is 1.10. The topological polar surface area (TPSA) is 83.1 Å². The zero-order valence-electron chi connectivity index (χ0n) is 11.6. The van der Waals surface area contributed by atoms with Crippen molar-refractivity contribution >= 4 is 17.6 Å². The molecule has 0 aliphatic carbocycles. The third-order valence-electron chi connectivity index (χ3n) is 2.42. The van der Waals surface area contributed by atoms with Crippen LogP contribution in [0.1, 0.15) is 30.6 Å². The van der Waals surface area contributed by atoms with Crippen molar-refractivity contribution < 1.29 is 14.0 Å². The van der Waals surface area contributed by atoms with Crippen molar-refractivity contribution in [3.05, 3.63) is 23.6 Å². The van der Waals surface area contributed by atoms with E-state index in [1.807, 2.05) is 6.92 Å². The van der Waals surface area contributed by atoms with Gasteiger partial charge in [0.25, 0.3) is 5.91 Å². The minimum Gasteiger partial charge on any atom is -0.369 e. The molecule has 0 radical (unpaired) electrons. The Morgan fingerprint density at radius 1 is 1.30 bits per heavy atom. The number of carbonyl (C=O) groups excluding carboxylic acids is 2. The van der Waals surface area contributed by atoms with Crippen LogP contribution in [0, 0.1) is 5.82 Å². The minimum atomic E-state index is -0.602. The standard InChI is InChI=1S/C13H19FN4O2/c1-3-5-16-12-10(6-9(14)7-17-12)13(20)18-8-11(19)15-4-2/h6-7H,3-5,8H2,1-2H3,(H,15,19)(H,16,17)(H,18,20). The van der Waals surface area contributed by atoms with Crippen LogP contribution in [0.2, 0.25) is 0 Å². The van der Waals surface area contributed by atoms with E-state index >= 15 is 0 Å². The average molecular weight is 282 g/mol. The molecule has 1 aromatic heterocycles. The summed E-state index contributed by atoms with van der Waals surface area (Å²) >= 11 is 0. The molecule has 7 heteroatoms. The lowest BCUT2D eigenvalue weighted by molar-refractivity contribution is -0.120. The van der Waals surface area contributed by atoms with Gasteiger partial charge >= 0.3 is 0 Å². The van der Waals surface area contributed by atoms with E-state index in [4.69, 9.17) is 0 Å². The van der Waals surface area contributed by atoms with E-state index < -0.39 is 11.7 Å². The molecule has 6 nitrogen and oxygen atoms in total. The fraction of sp³-hybridized carbons (Fsp3) is 0.462. The Labute approximate surface area is 117 Å². The van der Waals surface area contributed by atoms with Crippen LogP contribution in [-0.4, -0.2) is 36.4 Å². The van der Waals surface area contributed by atoms with Crippen LogP contribution in [0.4, 0.5) is 10.2 Å². The third-order valence-corrected chi connectivity index (χ3v) is 2.42. The Morgan fingerprint density at radius 3 is 2.70 bits per heavy atom. The molecule has 0 aliphatic heterocycles. The molecular formula is C13H19FN4O2. The lowest BCUT2D eigenvalue weighted by Gasteiger charge is -2.10. The predicted octanol–water partition coefficient (Wildman–Crippen LogP) is 0.908. The van der Waals surface area contributed by atoms with Crippen LogP contribution < -0.4 is 16.0 Å². The van der Waals surface area contributed by atoms with Crippen LogP contribution in [0.15, 0.2) is 12.3 Å². The maximum atomic E-state index is 13.2. The average Bonchev–Trinajstić information content (AvgIpc) is 2.43. The quantitative estimate of drug-likeness (QED) is 0.694. The fourth-order valence-electron chi connectivity index (χ4n) is 1.51. The van der Waals surface area contributed by atoms with Crippen molar-refractivity contribution in [1.29, 1.82) is 0 Å². The molecule has 1 rings (SSSR count). The number of hydrogen-bond donors (Lipinski definition) is 3. The second-order valence-electron chi connectivity index (χ2n) is 4.11. The summed E-state index contributed by atoms with van der Waals surface area (Å²) < 4.78 is 13.2. The lowest BCUT2D eigenvalue weighted by atomic mass is 10.2. The van der Waals surface area contributed by atoms with E-state index in [1.165, 1.54) is 0 Å². The highest BCUT2D eigenvalue weighted by atomic mass is 19.1. The number of anilines is 1. The van der Waals surface area contributed by atoms with E-state index in [9.17, 15) is 14.0 Å². The van der Waals surface area contributed by atoms with E-state index in [2.05, 4.69) is 20.9 Å². The molecule has 3 N–H and O–H groups in total. The fourth-order valence-corrected chi connectivity index (χ4v) is 1.51. The summed E-state index contributed by atoms with van der Waals surface area (Å²) in [6.07, 6.45) is 1.89. The van der Waals surface area contributed by atoms with Gasteiger partial charge in [-0.25, -0.2) is 9.37 Å². The number of pyridine rings is 1. The van der Waals surface area contributed by atoms with Crippen molar-refractivity contribution in [2.45, 2.75) is 20.3 Å². The number of nitrogens with zero attached hydrogens (tertiary/aromatic N) is 1. The van der Waals surface area contributed by atoms with Crippen LogP contribution in [0.5, 0.6) is 0 Å². The van der Waals surface area contributed by atoms with Gasteiger partial charge in [0, 0.05) is 13.1 Å². The molecule has 1 heterocycles. The summed E-state index contributed by atoms with van der Waals surface area (Å²) in [5, 5.41) is 7.93. The summed E-state index contributed by atoms with van der Waals surface area (Å²) in [6.45, 7) is 4.69. The number of aromatic nitrogens is 1. The van der Waals surface area contributed by atoms with Crippen LogP contribution in [0.25, 0.3) is 0 Å². The largest absolute Gasteiger partial charge is 0.369 e. The number of nitrogens with one attached hydrogen (secondary N) is 3. The van der Waals surface area contributed by atoms with Crippen molar-refractivity contribution in [2.24, 2.45) is 0 Å². The first-order valence-electron chi connectivity index (χ1n) is 6.52. The molecule has 110 valence electrons. The number of likely N-dealkylation sites (N-methyl/N-ethyl adjacent to an activating group) is 1. The molecular weight excluding hydrogens is 263 g/mol. The second kappa shape index (κ2) is 8.08. The molecule has 0 fully saturated rings. The normalized spacial score (nSPS) is 9.95. The van der Waals surface area contributed by atoms with Gasteiger partial charge in [-0.05, 0) is 19.4 Å². The number of halogens is 1. The monoisotopic (exact) mass is 282 g/mol. The SMILES string of the molecule is CCCNc1ncc(F)cc1C(=O)NCC(=O)NCC. The summed E-state index contributed by atoms with van der Waals surface area (Å²) in [4.78, 5) is 27.1. The van der Waals surface area contributed by atoms with Gasteiger partial charge in [0.2, 0.25) is 5.91 Å². The molecule has 0 atom stereocenters. The molecule has 0 saturated heterocycles. The first kappa shape index (κ1) is 15.9. The predicted molar refractivity (Wildman–Crippen MR) is 74.0 cm³/mol. The minimum absolute atomic E-state index is 0.0859. The Hall–Kier alpha value is -2.18. The van der Waals surface area contributed by atoms with Gasteiger partial charge in [-0.2, -0.15) is 0 Å². The Balaban J connectivity index is 2.74. The van der Waals surface area contributed by atoms with Gasteiger partial charge in [-0.1, -0.05) is 6.92 Å². The number of hydrogen-bond acceptors (Lipinski definition) is 4. The van der Waals surface area contributed by atoms with Gasteiger partial charge < -0.3 is 16.0 Å². The molecule has 0 spiro atoms. The number of rotatable bonds is 7. The first-order valence-corrected chi connectivity index (χ1v) is 6.52. The molecule has 0 bridgehead atoms. The molecule has 0 aliphatic rings. The molecule has 0 saturated carbocycles. The van der Waals surface area contributed by atoms with Crippen LogP contribution in [-0.2, 0) is 4.79 Å². The summed E-state index contributed by atoms with van der Waals surface area (Å²) in [5.74, 6) is -1.13. The Bertz CT molecular complexity index is 479. The highest BCUT2D eigenvalue weighted by Gasteiger charge is 2.14. The number of carbonyl (C=O) groups is 2. The van der Waals surface area contributed by atoms with Crippen molar-refractivity contribution in [1.82, 2.24) is 15.6 Å². The van der Waals surface area contributed by atoms with Gasteiger partial charge in [0.15, 0.2) is 0 Å². The van der Waals surface area contributed by atoms with E-state index in [-0.39, 0.29) is 18.0 Å². The lowest BCUT2D eigenvalue weighted by Crippen LogP contribution is -2.37. The van der Waals surface area contributed by atoms with Crippen LogP contribution >= 0.6 is 0 Å². The van der Waals surface area contributed by atoms with Crippen molar-refractivity contribution in [3.8, 4) is 0 Å². The van der Waals surface area contributed by atoms with Gasteiger partial charge in [-0.3, -0.25) is 9.59 Å². The molecule has 20 heavy (non-hydrogen) atoms. The molecule has 2 amide bonds. The molecule has 0 unspecified atom stereocenters. The van der Waals surface area contributed by atoms with Gasteiger partial charge in [0.1, 0.15) is 11.6 Å².